The molecular weight excluding hydrogens is 220 g/mol. The highest BCUT2D eigenvalue weighted by atomic mass is 32.2. The van der Waals surface area contributed by atoms with Crippen LogP contribution in [0.5, 0.6) is 0 Å². The summed E-state index contributed by atoms with van der Waals surface area (Å²) in [6, 6.07) is 2.32. The van der Waals surface area contributed by atoms with Gasteiger partial charge >= 0.3 is 5.44 Å². The molecule has 0 aliphatic heterocycles. The third kappa shape index (κ3) is 2.88. The van der Waals surface area contributed by atoms with E-state index in [9.17, 15) is 17.6 Å². The number of thioether (sulfide) groups is 1. The molecule has 1 aromatic rings. The molecule has 0 heterocycles. The molecule has 0 aromatic heterocycles. The maximum atomic E-state index is 12.9. The number of halogens is 4. The molecule has 1 nitrogen and oxygen atoms in total. The van der Waals surface area contributed by atoms with Crippen molar-refractivity contribution in [2.75, 3.05) is 7.11 Å². The summed E-state index contributed by atoms with van der Waals surface area (Å²) in [6.07, 6.45) is 0. The Kier molecular flexibility index (Phi) is 3.38. The van der Waals surface area contributed by atoms with Crippen LogP contribution in [0.1, 0.15) is 0 Å². The van der Waals surface area contributed by atoms with Gasteiger partial charge in [0, 0.05) is 7.11 Å². The lowest BCUT2D eigenvalue weighted by Gasteiger charge is -2.12. The molecule has 14 heavy (non-hydrogen) atoms. The Morgan fingerprint density at radius 3 is 2.50 bits per heavy atom. The van der Waals surface area contributed by atoms with Crippen LogP contribution >= 0.6 is 11.8 Å². The Labute approximate surface area is 82.1 Å². The summed E-state index contributed by atoms with van der Waals surface area (Å²) in [5.41, 5.74) is -3.56. The van der Waals surface area contributed by atoms with Crippen molar-refractivity contribution in [3.05, 3.63) is 29.8 Å². The van der Waals surface area contributed by atoms with Gasteiger partial charge in [-0.15, -0.1) is 0 Å². The van der Waals surface area contributed by atoms with E-state index in [-0.39, 0.29) is 11.8 Å². The lowest BCUT2D eigenvalue weighted by atomic mass is 10.3. The Morgan fingerprint density at radius 1 is 1.29 bits per heavy atom. The van der Waals surface area contributed by atoms with Crippen molar-refractivity contribution in [3.8, 4) is 0 Å². The van der Waals surface area contributed by atoms with Gasteiger partial charge in [0.15, 0.2) is 0 Å². The number of ether oxygens (including phenoxy) is 1. The van der Waals surface area contributed by atoms with Gasteiger partial charge in [0.25, 0.3) is 0 Å². The SMILES string of the molecule is COC(F)(F)Sc1cc(F)ccc1F. The van der Waals surface area contributed by atoms with Crippen molar-refractivity contribution in [2.45, 2.75) is 10.3 Å². The number of alkyl halides is 2. The highest BCUT2D eigenvalue weighted by Gasteiger charge is 2.31. The molecule has 0 N–H and O–H groups in total. The third-order valence-electron chi connectivity index (χ3n) is 1.36. The van der Waals surface area contributed by atoms with E-state index in [2.05, 4.69) is 4.74 Å². The van der Waals surface area contributed by atoms with Crippen LogP contribution in [0.25, 0.3) is 0 Å². The van der Waals surface area contributed by atoms with E-state index in [1.54, 1.807) is 0 Å². The topological polar surface area (TPSA) is 9.23 Å². The average molecular weight is 226 g/mol. The molecule has 0 saturated heterocycles. The predicted molar refractivity (Wildman–Crippen MR) is 44.2 cm³/mol. The maximum absolute atomic E-state index is 12.9. The van der Waals surface area contributed by atoms with Gasteiger partial charge in [-0.1, -0.05) is 0 Å². The number of benzene rings is 1. The van der Waals surface area contributed by atoms with E-state index in [0.717, 1.165) is 19.2 Å². The van der Waals surface area contributed by atoms with Crippen molar-refractivity contribution in [1.82, 2.24) is 0 Å². The summed E-state index contributed by atoms with van der Waals surface area (Å²) in [4.78, 5) is -0.489. The first-order chi connectivity index (χ1) is 6.44. The molecule has 0 amide bonds. The van der Waals surface area contributed by atoms with Crippen LogP contribution in [0, 0.1) is 11.6 Å². The predicted octanol–water partition coefficient (Wildman–Crippen LogP) is 3.25. The number of hydrogen-bond acceptors (Lipinski definition) is 2. The fourth-order valence-corrected chi connectivity index (χ4v) is 1.40. The molecule has 0 atom stereocenters. The first kappa shape index (κ1) is 11.3. The van der Waals surface area contributed by atoms with Crippen LogP contribution in [0.3, 0.4) is 0 Å². The summed E-state index contributed by atoms with van der Waals surface area (Å²) in [7, 11) is 0.782. The zero-order valence-electron chi connectivity index (χ0n) is 7.06. The number of rotatable bonds is 3. The molecule has 78 valence electrons. The van der Waals surface area contributed by atoms with Crippen LogP contribution in [-0.2, 0) is 4.74 Å². The minimum absolute atomic E-state index is 0.184. The summed E-state index contributed by atoms with van der Waals surface area (Å²) >= 11 is -0.184. The molecule has 1 rings (SSSR count). The van der Waals surface area contributed by atoms with Gasteiger partial charge in [-0.3, -0.25) is 0 Å². The van der Waals surface area contributed by atoms with Crippen molar-refractivity contribution < 1.29 is 22.3 Å². The lowest BCUT2D eigenvalue weighted by Crippen LogP contribution is -2.12. The van der Waals surface area contributed by atoms with Gasteiger partial charge in [-0.2, -0.15) is 8.78 Å². The fourth-order valence-electron chi connectivity index (χ4n) is 0.725. The van der Waals surface area contributed by atoms with Crippen LogP contribution in [0.15, 0.2) is 23.1 Å². The quantitative estimate of drug-likeness (QED) is 0.444. The van der Waals surface area contributed by atoms with Gasteiger partial charge in [-0.05, 0) is 30.0 Å². The lowest BCUT2D eigenvalue weighted by molar-refractivity contribution is -0.140. The summed E-state index contributed by atoms with van der Waals surface area (Å²) in [5, 5.41) is 0. The number of hydrogen-bond donors (Lipinski definition) is 0. The first-order valence-electron chi connectivity index (χ1n) is 3.51. The molecule has 0 fully saturated rings. The Hall–Kier alpha value is -0.750. The van der Waals surface area contributed by atoms with Crippen LogP contribution in [0.4, 0.5) is 17.6 Å². The fraction of sp³-hybridized carbons (Fsp3) is 0.250. The molecule has 1 aromatic carbocycles. The summed E-state index contributed by atoms with van der Waals surface area (Å²) in [6.45, 7) is 0. The summed E-state index contributed by atoms with van der Waals surface area (Å²) in [5.74, 6) is -1.69. The molecule has 0 radical (unpaired) electrons. The van der Waals surface area contributed by atoms with Crippen molar-refractivity contribution >= 4 is 11.8 Å². The minimum Gasteiger partial charge on any atom is -0.315 e. The Morgan fingerprint density at radius 2 is 1.93 bits per heavy atom. The van der Waals surface area contributed by atoms with Gasteiger partial charge in [0.2, 0.25) is 0 Å². The minimum atomic E-state index is -3.56. The standard InChI is InChI=1S/C8H6F4OS/c1-13-8(11,12)14-7-4-5(9)2-3-6(7)10/h2-4H,1H3. The van der Waals surface area contributed by atoms with Crippen molar-refractivity contribution in [1.29, 1.82) is 0 Å². The van der Waals surface area contributed by atoms with E-state index in [1.165, 1.54) is 0 Å². The van der Waals surface area contributed by atoms with E-state index < -0.39 is 22.0 Å². The molecule has 0 bridgehead atoms. The molecule has 0 aliphatic rings. The highest BCUT2D eigenvalue weighted by Crippen LogP contribution is 2.37. The van der Waals surface area contributed by atoms with Crippen molar-refractivity contribution in [2.24, 2.45) is 0 Å². The van der Waals surface area contributed by atoms with E-state index in [1.807, 2.05) is 0 Å². The van der Waals surface area contributed by atoms with Crippen LogP contribution < -0.4 is 0 Å². The van der Waals surface area contributed by atoms with Gasteiger partial charge < -0.3 is 4.74 Å². The van der Waals surface area contributed by atoms with Gasteiger partial charge in [-0.25, -0.2) is 8.78 Å². The number of methoxy groups -OCH3 is 1. The van der Waals surface area contributed by atoms with Gasteiger partial charge in [0.1, 0.15) is 11.6 Å². The second kappa shape index (κ2) is 4.18. The summed E-state index contributed by atoms with van der Waals surface area (Å²) < 4.78 is 54.4. The van der Waals surface area contributed by atoms with Crippen LogP contribution in [0.2, 0.25) is 0 Å². The highest BCUT2D eigenvalue weighted by molar-refractivity contribution is 8.00. The molecular formula is C8H6F4OS. The van der Waals surface area contributed by atoms with E-state index in [0.29, 0.717) is 6.07 Å². The zero-order chi connectivity index (χ0) is 10.8. The normalized spacial score (nSPS) is 11.8. The molecule has 6 heteroatoms. The van der Waals surface area contributed by atoms with Crippen molar-refractivity contribution in [3.63, 3.8) is 0 Å². The smallest absolute Gasteiger partial charge is 0.315 e. The molecule has 0 spiro atoms. The largest absolute Gasteiger partial charge is 0.412 e. The van der Waals surface area contributed by atoms with Gasteiger partial charge in [0.05, 0.1) is 4.90 Å². The van der Waals surface area contributed by atoms with E-state index in [4.69, 9.17) is 0 Å². The monoisotopic (exact) mass is 226 g/mol. The second-order valence-electron chi connectivity index (χ2n) is 2.34. The van der Waals surface area contributed by atoms with Crippen LogP contribution in [-0.4, -0.2) is 12.6 Å². The molecule has 0 aliphatic carbocycles. The average Bonchev–Trinajstić information content (AvgIpc) is 2.11. The molecule has 0 unspecified atom stereocenters. The van der Waals surface area contributed by atoms with E-state index >= 15 is 0 Å². The molecule has 0 saturated carbocycles. The Bertz CT molecular complexity index is 329. The second-order valence-corrected chi connectivity index (χ2v) is 3.46. The maximum Gasteiger partial charge on any atom is 0.412 e. The first-order valence-corrected chi connectivity index (χ1v) is 4.33. The third-order valence-corrected chi connectivity index (χ3v) is 2.30. The Balaban J connectivity index is 2.91. The zero-order valence-corrected chi connectivity index (χ0v) is 7.88.